The van der Waals surface area contributed by atoms with Crippen molar-refractivity contribution in [1.82, 2.24) is 15.6 Å². The predicted octanol–water partition coefficient (Wildman–Crippen LogP) is 4.34. The molecule has 1 atom stereocenters. The van der Waals surface area contributed by atoms with E-state index < -0.39 is 28.9 Å². The van der Waals surface area contributed by atoms with Crippen molar-refractivity contribution in [2.45, 2.75) is 49.3 Å². The molecule has 3 aliphatic rings. The lowest BCUT2D eigenvalue weighted by Gasteiger charge is -2.56. The van der Waals surface area contributed by atoms with E-state index in [0.29, 0.717) is 37.1 Å². The average molecular weight is 530 g/mol. The van der Waals surface area contributed by atoms with Gasteiger partial charge in [0.2, 0.25) is 0 Å². The fourth-order valence-electron chi connectivity index (χ4n) is 5.10. The lowest BCUT2D eigenvalue weighted by atomic mass is 9.60. The summed E-state index contributed by atoms with van der Waals surface area (Å²) in [7, 11) is 0. The van der Waals surface area contributed by atoms with Gasteiger partial charge in [-0.05, 0) is 49.8 Å². The number of benzene rings is 2. The molecule has 0 radical (unpaired) electrons. The fraction of sp³-hybridized carbons (Fsp3) is 0.346. The molecule has 6 rings (SSSR count). The van der Waals surface area contributed by atoms with Gasteiger partial charge in [0.05, 0.1) is 21.5 Å². The molecule has 7 nitrogen and oxygen atoms in total. The number of carbonyl (C=O) groups is 2. The molecule has 3 N–H and O–H groups in total. The molecule has 0 unspecified atom stereocenters. The van der Waals surface area contributed by atoms with E-state index in [4.69, 9.17) is 16.3 Å². The Morgan fingerprint density at radius 2 is 1.89 bits per heavy atom. The summed E-state index contributed by atoms with van der Waals surface area (Å²) in [5, 5.41) is 17.4. The number of aliphatic hydroxyl groups is 1. The minimum Gasteiger partial charge on any atom is -0.484 e. The van der Waals surface area contributed by atoms with Crippen LogP contribution in [0.5, 0.6) is 5.75 Å². The molecule has 0 spiro atoms. The minimum atomic E-state index is -0.826. The monoisotopic (exact) mass is 529 g/mol. The number of carbonyl (C=O) groups excluding carboxylic acids is 2. The van der Waals surface area contributed by atoms with Crippen LogP contribution in [0.15, 0.2) is 54.7 Å². The van der Waals surface area contributed by atoms with Crippen LogP contribution in [0.3, 0.4) is 0 Å². The number of fused-ring (bicyclic) bond motifs is 3. The van der Waals surface area contributed by atoms with E-state index >= 15 is 0 Å². The molecule has 188 valence electrons. The summed E-state index contributed by atoms with van der Waals surface area (Å²) in [6.07, 6.45) is 3.48. The van der Waals surface area contributed by atoms with Gasteiger partial charge in [-0.2, -0.15) is 0 Å². The molecule has 3 fully saturated rings. The Hall–Kier alpha value is -3.01. The Bertz CT molecular complexity index is 1280. The van der Waals surface area contributed by atoms with Gasteiger partial charge in [0.25, 0.3) is 11.8 Å². The first-order chi connectivity index (χ1) is 17.3. The number of nitrogens with one attached hydrogen (secondary N) is 2. The maximum atomic E-state index is 13.6. The highest BCUT2D eigenvalue weighted by Crippen LogP contribution is 2.47. The van der Waals surface area contributed by atoms with Gasteiger partial charge < -0.3 is 20.5 Å². The average Bonchev–Trinajstić information content (AvgIpc) is 3.37. The van der Waals surface area contributed by atoms with Crippen LogP contribution in [0.25, 0.3) is 10.4 Å². The van der Waals surface area contributed by atoms with Crippen LogP contribution < -0.4 is 15.4 Å². The van der Waals surface area contributed by atoms with Gasteiger partial charge in [0.15, 0.2) is 11.6 Å². The third-order valence-corrected chi connectivity index (χ3v) is 8.46. The van der Waals surface area contributed by atoms with E-state index in [9.17, 15) is 19.1 Å². The number of aromatic nitrogens is 1. The van der Waals surface area contributed by atoms with Crippen LogP contribution in [0.4, 0.5) is 4.39 Å². The minimum absolute atomic E-state index is 0.0275. The number of thiazole rings is 1. The van der Waals surface area contributed by atoms with E-state index in [2.05, 4.69) is 15.6 Å². The zero-order valence-electron chi connectivity index (χ0n) is 19.3. The SMILES string of the molecule is O=C(COc1ccc(Cl)c(F)c1)NC12CCC(NC(=O)c3ncc(-c4ccccc4)s3)(CC1)C[C@@H]2O. The predicted molar refractivity (Wildman–Crippen MR) is 135 cm³/mol. The van der Waals surface area contributed by atoms with E-state index in [1.807, 2.05) is 30.3 Å². The molecule has 2 bridgehead atoms. The van der Waals surface area contributed by atoms with Crippen molar-refractivity contribution in [2.24, 2.45) is 0 Å². The van der Waals surface area contributed by atoms with Gasteiger partial charge in [0, 0.05) is 17.8 Å². The van der Waals surface area contributed by atoms with Crippen LogP contribution >= 0.6 is 22.9 Å². The largest absolute Gasteiger partial charge is 0.484 e. The van der Waals surface area contributed by atoms with Gasteiger partial charge in [-0.3, -0.25) is 9.59 Å². The number of halogens is 2. The first-order valence-corrected chi connectivity index (χ1v) is 12.9. The summed E-state index contributed by atoms with van der Waals surface area (Å²) in [6, 6.07) is 13.7. The standard InChI is InChI=1S/C26H25ClFN3O4S/c27-18-7-6-17(12-19(18)28)35-15-22(33)30-26-10-8-25(9-11-26,13-21(26)32)31-23(34)24-29-14-20(36-24)16-4-2-1-3-5-16/h1-7,12,14,21,32H,8-11,13,15H2,(H,30,33)(H,31,34)/t21-,25?,26?/m0/s1. The molecule has 3 aromatic rings. The number of amides is 2. The Kier molecular flexibility index (Phi) is 6.72. The van der Waals surface area contributed by atoms with Crippen LogP contribution in [0.2, 0.25) is 5.02 Å². The fourth-order valence-corrected chi connectivity index (χ4v) is 6.03. The zero-order valence-corrected chi connectivity index (χ0v) is 20.9. The first kappa shape index (κ1) is 24.7. The normalized spacial score (nSPS) is 24.8. The second-order valence-corrected chi connectivity index (χ2v) is 10.9. The second-order valence-electron chi connectivity index (χ2n) is 9.42. The molecule has 3 saturated carbocycles. The van der Waals surface area contributed by atoms with Crippen LogP contribution in [-0.4, -0.2) is 45.7 Å². The number of hydrogen-bond acceptors (Lipinski definition) is 6. The highest BCUT2D eigenvalue weighted by molar-refractivity contribution is 7.17. The Morgan fingerprint density at radius 3 is 2.58 bits per heavy atom. The first-order valence-electron chi connectivity index (χ1n) is 11.7. The summed E-state index contributed by atoms with van der Waals surface area (Å²) < 4.78 is 19.0. The molecule has 2 aromatic carbocycles. The Morgan fingerprint density at radius 1 is 1.14 bits per heavy atom. The van der Waals surface area contributed by atoms with Crippen molar-refractivity contribution in [1.29, 1.82) is 0 Å². The maximum Gasteiger partial charge on any atom is 0.280 e. The lowest BCUT2D eigenvalue weighted by molar-refractivity contribution is -0.132. The van der Waals surface area contributed by atoms with Crippen LogP contribution in [-0.2, 0) is 4.79 Å². The van der Waals surface area contributed by atoms with Crippen molar-refractivity contribution in [3.63, 3.8) is 0 Å². The van der Waals surface area contributed by atoms with Crippen molar-refractivity contribution >= 4 is 34.8 Å². The number of aliphatic hydroxyl groups excluding tert-OH is 1. The number of rotatable bonds is 7. The molecular formula is C26H25ClFN3O4S. The van der Waals surface area contributed by atoms with Crippen LogP contribution in [0, 0.1) is 5.82 Å². The van der Waals surface area contributed by atoms with E-state index in [-0.39, 0.29) is 23.3 Å². The zero-order chi connectivity index (χ0) is 25.3. The highest BCUT2D eigenvalue weighted by Gasteiger charge is 2.55. The summed E-state index contributed by atoms with van der Waals surface area (Å²) in [4.78, 5) is 30.8. The number of nitrogens with zero attached hydrogens (tertiary/aromatic N) is 1. The highest BCUT2D eigenvalue weighted by atomic mass is 35.5. The van der Waals surface area contributed by atoms with Crippen LogP contribution in [0.1, 0.15) is 41.9 Å². The van der Waals surface area contributed by atoms with Gasteiger partial charge in [-0.25, -0.2) is 9.37 Å². The maximum absolute atomic E-state index is 13.6. The molecule has 10 heteroatoms. The molecule has 36 heavy (non-hydrogen) atoms. The molecular weight excluding hydrogens is 505 g/mol. The van der Waals surface area contributed by atoms with Gasteiger partial charge in [-0.15, -0.1) is 11.3 Å². The second kappa shape index (κ2) is 9.80. The molecule has 1 aromatic heterocycles. The van der Waals surface area contributed by atoms with Crippen molar-refractivity contribution in [3.8, 4) is 16.2 Å². The molecule has 0 saturated heterocycles. The summed E-state index contributed by atoms with van der Waals surface area (Å²) in [6.45, 7) is -0.314. The summed E-state index contributed by atoms with van der Waals surface area (Å²) in [5.74, 6) is -1.09. The number of hydrogen-bond donors (Lipinski definition) is 3. The summed E-state index contributed by atoms with van der Waals surface area (Å²) in [5.41, 5.74) is -0.317. The van der Waals surface area contributed by atoms with Gasteiger partial charge >= 0.3 is 0 Å². The lowest BCUT2D eigenvalue weighted by Crippen LogP contribution is -2.70. The molecule has 2 amide bonds. The Labute approximate surface area is 216 Å². The van der Waals surface area contributed by atoms with Crippen molar-refractivity contribution < 1.29 is 23.8 Å². The van der Waals surface area contributed by atoms with Gasteiger partial charge in [-0.1, -0.05) is 41.9 Å². The third-order valence-electron chi connectivity index (χ3n) is 7.11. The summed E-state index contributed by atoms with van der Waals surface area (Å²) >= 11 is 7.00. The Balaban J connectivity index is 1.18. The van der Waals surface area contributed by atoms with Gasteiger partial charge in [0.1, 0.15) is 11.6 Å². The molecule has 1 heterocycles. The van der Waals surface area contributed by atoms with E-state index in [1.165, 1.54) is 23.5 Å². The van der Waals surface area contributed by atoms with E-state index in [0.717, 1.165) is 16.5 Å². The number of ether oxygens (including phenoxy) is 1. The quantitative estimate of drug-likeness (QED) is 0.422. The molecule has 0 aliphatic heterocycles. The van der Waals surface area contributed by atoms with Crippen molar-refractivity contribution in [3.05, 3.63) is 70.6 Å². The van der Waals surface area contributed by atoms with E-state index in [1.54, 1.807) is 6.20 Å². The smallest absolute Gasteiger partial charge is 0.280 e. The third kappa shape index (κ3) is 4.96. The topological polar surface area (TPSA) is 101 Å². The molecule has 3 aliphatic carbocycles. The van der Waals surface area contributed by atoms with Crippen molar-refractivity contribution in [2.75, 3.05) is 6.61 Å².